The highest BCUT2D eigenvalue weighted by Gasteiger charge is 2.16. The summed E-state index contributed by atoms with van der Waals surface area (Å²) in [4.78, 5) is 21.8. The molecule has 0 saturated carbocycles. The number of benzene rings is 1. The average molecular weight is 193 g/mol. The van der Waals surface area contributed by atoms with Gasteiger partial charge in [-0.3, -0.25) is 9.59 Å². The summed E-state index contributed by atoms with van der Waals surface area (Å²) in [6.45, 7) is 0. The van der Waals surface area contributed by atoms with Crippen LogP contribution in [0, 0.1) is 0 Å². The zero-order valence-electron chi connectivity index (χ0n) is 7.51. The van der Waals surface area contributed by atoms with Crippen molar-refractivity contribution in [3.8, 4) is 0 Å². The number of hydrogen-bond donors (Lipinski definition) is 2. The number of hydrogen-bond acceptors (Lipinski definition) is 3. The first kappa shape index (κ1) is 10.4. The first-order chi connectivity index (χ1) is 6.61. The van der Waals surface area contributed by atoms with Gasteiger partial charge in [0.1, 0.15) is 6.04 Å². The Bertz CT molecular complexity index is 334. The summed E-state index contributed by atoms with van der Waals surface area (Å²) in [5.41, 5.74) is 5.72. The van der Waals surface area contributed by atoms with Crippen LogP contribution >= 0.6 is 0 Å². The summed E-state index contributed by atoms with van der Waals surface area (Å²) in [5, 5.41) is 8.50. The number of carbonyl (C=O) groups excluding carboxylic acids is 1. The third-order valence-corrected chi connectivity index (χ3v) is 1.82. The molecule has 0 spiro atoms. The lowest BCUT2D eigenvalue weighted by Crippen LogP contribution is -2.32. The van der Waals surface area contributed by atoms with Gasteiger partial charge in [-0.25, -0.2) is 0 Å². The number of carboxylic acid groups (broad SMARTS) is 1. The minimum atomic E-state index is -1.16. The van der Waals surface area contributed by atoms with Crippen molar-refractivity contribution in [3.05, 3.63) is 35.9 Å². The Morgan fingerprint density at radius 1 is 1.29 bits per heavy atom. The van der Waals surface area contributed by atoms with Crippen molar-refractivity contribution in [1.29, 1.82) is 0 Å². The summed E-state index contributed by atoms with van der Waals surface area (Å²) >= 11 is 0. The van der Waals surface area contributed by atoms with Gasteiger partial charge in [0, 0.05) is 12.0 Å². The molecule has 0 bridgehead atoms. The lowest BCUT2D eigenvalue weighted by molar-refractivity contribution is -0.138. The van der Waals surface area contributed by atoms with Crippen molar-refractivity contribution in [2.45, 2.75) is 12.5 Å². The normalized spacial score (nSPS) is 12.1. The van der Waals surface area contributed by atoms with E-state index < -0.39 is 12.0 Å². The van der Waals surface area contributed by atoms with Crippen LogP contribution in [0.2, 0.25) is 0 Å². The molecule has 1 atom stereocenters. The molecule has 0 aromatic heterocycles. The quantitative estimate of drug-likeness (QED) is 0.689. The van der Waals surface area contributed by atoms with E-state index >= 15 is 0 Å². The molecule has 1 aromatic carbocycles. The van der Waals surface area contributed by atoms with Gasteiger partial charge in [-0.15, -0.1) is 0 Å². The van der Waals surface area contributed by atoms with Crippen molar-refractivity contribution in [1.82, 2.24) is 0 Å². The molecule has 0 aliphatic carbocycles. The van der Waals surface area contributed by atoms with Gasteiger partial charge in [-0.05, 0) is 0 Å². The van der Waals surface area contributed by atoms with Crippen LogP contribution in [0.15, 0.2) is 30.3 Å². The highest BCUT2D eigenvalue weighted by atomic mass is 16.4. The molecule has 0 aliphatic heterocycles. The molecule has 0 saturated heterocycles. The van der Waals surface area contributed by atoms with Gasteiger partial charge >= 0.3 is 5.97 Å². The second-order valence-corrected chi connectivity index (χ2v) is 2.94. The van der Waals surface area contributed by atoms with E-state index in [-0.39, 0.29) is 12.2 Å². The molecule has 74 valence electrons. The lowest BCUT2D eigenvalue weighted by Gasteiger charge is -2.04. The van der Waals surface area contributed by atoms with Crippen LogP contribution in [0.5, 0.6) is 0 Å². The Hall–Kier alpha value is -1.68. The number of Topliss-reactive ketones (excluding diaryl/α,β-unsaturated/α-hetero) is 1. The standard InChI is InChI=1S/C10H11NO3/c11-8(10(13)14)6-9(12)7-4-2-1-3-5-7/h1-5,8H,6,11H2,(H,13,14)/t8-/m1/s1. The topological polar surface area (TPSA) is 80.4 Å². The summed E-state index contributed by atoms with van der Waals surface area (Å²) in [7, 11) is 0. The highest BCUT2D eigenvalue weighted by Crippen LogP contribution is 2.04. The zero-order chi connectivity index (χ0) is 10.6. The van der Waals surface area contributed by atoms with Gasteiger partial charge in [0.15, 0.2) is 5.78 Å². The van der Waals surface area contributed by atoms with E-state index in [1.165, 1.54) is 0 Å². The van der Waals surface area contributed by atoms with Crippen LogP contribution in [0.4, 0.5) is 0 Å². The van der Waals surface area contributed by atoms with E-state index in [0.29, 0.717) is 5.56 Å². The molecule has 4 nitrogen and oxygen atoms in total. The summed E-state index contributed by atoms with van der Waals surface area (Å²) in [5.74, 6) is -1.41. The fourth-order valence-corrected chi connectivity index (χ4v) is 1.03. The van der Waals surface area contributed by atoms with Gasteiger partial charge < -0.3 is 10.8 Å². The summed E-state index contributed by atoms with van der Waals surface area (Å²) in [6, 6.07) is 7.38. The maximum absolute atomic E-state index is 11.4. The molecule has 4 heteroatoms. The second kappa shape index (κ2) is 4.53. The average Bonchev–Trinajstić information content (AvgIpc) is 2.19. The molecule has 0 heterocycles. The van der Waals surface area contributed by atoms with Crippen molar-refractivity contribution in [2.75, 3.05) is 0 Å². The van der Waals surface area contributed by atoms with E-state index in [0.717, 1.165) is 0 Å². The molecule has 3 N–H and O–H groups in total. The number of carboxylic acids is 1. The first-order valence-electron chi connectivity index (χ1n) is 4.18. The molecule has 0 unspecified atom stereocenters. The Labute approximate surface area is 81.3 Å². The number of nitrogens with two attached hydrogens (primary N) is 1. The Morgan fingerprint density at radius 3 is 2.36 bits per heavy atom. The van der Waals surface area contributed by atoms with Crippen LogP contribution in [0.1, 0.15) is 16.8 Å². The van der Waals surface area contributed by atoms with Gasteiger partial charge in [0.05, 0.1) is 0 Å². The van der Waals surface area contributed by atoms with Gasteiger partial charge in [-0.2, -0.15) is 0 Å². The smallest absolute Gasteiger partial charge is 0.320 e. The third kappa shape index (κ3) is 2.67. The minimum absolute atomic E-state index is 0.167. The van der Waals surface area contributed by atoms with E-state index in [1.54, 1.807) is 30.3 Å². The van der Waals surface area contributed by atoms with Crippen LogP contribution in [-0.2, 0) is 4.79 Å². The molecule has 1 rings (SSSR count). The van der Waals surface area contributed by atoms with Crippen LogP contribution in [0.25, 0.3) is 0 Å². The van der Waals surface area contributed by atoms with E-state index in [2.05, 4.69) is 0 Å². The van der Waals surface area contributed by atoms with Crippen LogP contribution < -0.4 is 5.73 Å². The SMILES string of the molecule is N[C@H](CC(=O)c1ccccc1)C(=O)O. The highest BCUT2D eigenvalue weighted by molar-refractivity contribution is 5.98. The van der Waals surface area contributed by atoms with Crippen molar-refractivity contribution in [2.24, 2.45) is 5.73 Å². The Balaban J connectivity index is 2.64. The molecule has 14 heavy (non-hydrogen) atoms. The predicted octanol–water partition coefficient (Wildman–Crippen LogP) is 0.671. The van der Waals surface area contributed by atoms with E-state index in [4.69, 9.17) is 10.8 Å². The van der Waals surface area contributed by atoms with Crippen molar-refractivity contribution in [3.63, 3.8) is 0 Å². The van der Waals surface area contributed by atoms with Gasteiger partial charge in [0.2, 0.25) is 0 Å². The molecule has 0 fully saturated rings. The fourth-order valence-electron chi connectivity index (χ4n) is 1.03. The van der Waals surface area contributed by atoms with Crippen LogP contribution in [0.3, 0.4) is 0 Å². The monoisotopic (exact) mass is 193 g/mol. The van der Waals surface area contributed by atoms with E-state index in [9.17, 15) is 9.59 Å². The fraction of sp³-hybridized carbons (Fsp3) is 0.200. The molecular weight excluding hydrogens is 182 g/mol. The predicted molar refractivity (Wildman–Crippen MR) is 51.0 cm³/mol. The number of carbonyl (C=O) groups is 2. The lowest BCUT2D eigenvalue weighted by atomic mass is 10.0. The Kier molecular flexibility index (Phi) is 3.36. The zero-order valence-corrected chi connectivity index (χ0v) is 7.51. The molecular formula is C10H11NO3. The van der Waals surface area contributed by atoms with Gasteiger partial charge in [-0.1, -0.05) is 30.3 Å². The number of ketones is 1. The van der Waals surface area contributed by atoms with Crippen molar-refractivity contribution < 1.29 is 14.7 Å². The van der Waals surface area contributed by atoms with E-state index in [1.807, 2.05) is 0 Å². The van der Waals surface area contributed by atoms with Crippen molar-refractivity contribution >= 4 is 11.8 Å². The number of aliphatic carboxylic acids is 1. The molecule has 0 aliphatic rings. The minimum Gasteiger partial charge on any atom is -0.480 e. The largest absolute Gasteiger partial charge is 0.480 e. The Morgan fingerprint density at radius 2 is 1.86 bits per heavy atom. The number of rotatable bonds is 4. The van der Waals surface area contributed by atoms with Crippen LogP contribution in [-0.4, -0.2) is 22.9 Å². The maximum atomic E-state index is 11.4. The molecule has 0 radical (unpaired) electrons. The first-order valence-corrected chi connectivity index (χ1v) is 4.18. The third-order valence-electron chi connectivity index (χ3n) is 1.82. The molecule has 0 amide bonds. The summed E-state index contributed by atoms with van der Waals surface area (Å²) < 4.78 is 0. The summed E-state index contributed by atoms with van der Waals surface area (Å²) in [6.07, 6.45) is -0.167. The second-order valence-electron chi connectivity index (χ2n) is 2.94. The maximum Gasteiger partial charge on any atom is 0.320 e. The molecule has 1 aromatic rings. The van der Waals surface area contributed by atoms with Gasteiger partial charge in [0.25, 0.3) is 0 Å².